The molecule has 3 N–H and O–H groups in total. The van der Waals surface area contributed by atoms with Crippen LogP contribution in [-0.4, -0.2) is 5.84 Å². The van der Waals surface area contributed by atoms with Crippen molar-refractivity contribution in [3.8, 4) is 11.1 Å². The lowest BCUT2D eigenvalue weighted by molar-refractivity contribution is 0.610. The lowest BCUT2D eigenvalue weighted by Gasteiger charge is -2.11. The standard InChI is InChI=1S/C15H16N2.C9H11F/c1-10-5-3-4-6-13(10)14-9-12(15(16)17)8-7-11(14)2;1-3-8-7(2)5-4-6-9(8)10/h3-9H,1-2H3,(H3,16,17);4-6H,3H2,1-2H3. The number of nitrogens with one attached hydrogen (secondary N) is 1. The van der Waals surface area contributed by atoms with E-state index in [1.165, 1.54) is 22.8 Å². The van der Waals surface area contributed by atoms with Crippen LogP contribution in [0, 0.1) is 32.0 Å². The van der Waals surface area contributed by atoms with Crippen LogP contribution in [0.15, 0.2) is 60.7 Å². The molecule has 27 heavy (non-hydrogen) atoms. The minimum Gasteiger partial charge on any atom is -0.384 e. The number of hydrogen-bond acceptors (Lipinski definition) is 1. The molecule has 0 spiro atoms. The highest BCUT2D eigenvalue weighted by Gasteiger charge is 2.06. The predicted molar refractivity (Wildman–Crippen MR) is 113 cm³/mol. The molecule has 2 nitrogen and oxygen atoms in total. The zero-order valence-corrected chi connectivity index (χ0v) is 16.4. The van der Waals surface area contributed by atoms with E-state index < -0.39 is 0 Å². The van der Waals surface area contributed by atoms with Crippen LogP contribution < -0.4 is 5.73 Å². The molecule has 3 aromatic carbocycles. The number of hydrogen-bond donors (Lipinski definition) is 2. The molecule has 0 heterocycles. The van der Waals surface area contributed by atoms with Gasteiger partial charge in [0.25, 0.3) is 0 Å². The molecule has 0 aromatic heterocycles. The average Bonchev–Trinajstić information content (AvgIpc) is 2.63. The van der Waals surface area contributed by atoms with E-state index in [1.54, 1.807) is 6.07 Å². The smallest absolute Gasteiger partial charge is 0.126 e. The Morgan fingerprint density at radius 2 is 1.48 bits per heavy atom. The number of benzene rings is 3. The summed E-state index contributed by atoms with van der Waals surface area (Å²) in [6.45, 7) is 8.06. The van der Waals surface area contributed by atoms with Gasteiger partial charge in [-0.15, -0.1) is 0 Å². The van der Waals surface area contributed by atoms with Gasteiger partial charge in [-0.2, -0.15) is 0 Å². The van der Waals surface area contributed by atoms with Crippen LogP contribution in [0.25, 0.3) is 11.1 Å². The number of nitrogens with two attached hydrogens (primary N) is 1. The van der Waals surface area contributed by atoms with Gasteiger partial charge in [0.1, 0.15) is 11.7 Å². The molecule has 3 aromatic rings. The molecule has 140 valence electrons. The molecule has 0 saturated carbocycles. The highest BCUT2D eigenvalue weighted by molar-refractivity contribution is 5.96. The lowest BCUT2D eigenvalue weighted by Crippen LogP contribution is -2.11. The molecule has 0 amide bonds. The Morgan fingerprint density at radius 3 is 2.04 bits per heavy atom. The molecule has 0 bridgehead atoms. The first-order valence-corrected chi connectivity index (χ1v) is 9.10. The van der Waals surface area contributed by atoms with E-state index in [2.05, 4.69) is 26.0 Å². The van der Waals surface area contributed by atoms with Crippen molar-refractivity contribution in [1.82, 2.24) is 0 Å². The monoisotopic (exact) mass is 362 g/mol. The van der Waals surface area contributed by atoms with Crippen LogP contribution in [0.1, 0.15) is 34.7 Å². The Bertz CT molecular complexity index is 925. The van der Waals surface area contributed by atoms with Gasteiger partial charge in [0, 0.05) is 5.56 Å². The second-order valence-electron chi connectivity index (χ2n) is 6.65. The first-order valence-electron chi connectivity index (χ1n) is 9.10. The molecular formula is C24H27FN2. The quantitative estimate of drug-likeness (QED) is 0.439. The van der Waals surface area contributed by atoms with Gasteiger partial charge < -0.3 is 5.73 Å². The third kappa shape index (κ3) is 5.04. The molecular weight excluding hydrogens is 335 g/mol. The van der Waals surface area contributed by atoms with Crippen LogP contribution in [0.3, 0.4) is 0 Å². The second kappa shape index (κ2) is 9.13. The van der Waals surface area contributed by atoms with Gasteiger partial charge in [0.15, 0.2) is 0 Å². The lowest BCUT2D eigenvalue weighted by atomic mass is 9.95. The normalized spacial score (nSPS) is 10.1. The first kappa shape index (κ1) is 20.4. The maximum absolute atomic E-state index is 12.9. The maximum atomic E-state index is 12.9. The summed E-state index contributed by atoms with van der Waals surface area (Å²) in [6.07, 6.45) is 0.776. The van der Waals surface area contributed by atoms with Crippen LogP contribution in [0.2, 0.25) is 0 Å². The van der Waals surface area contributed by atoms with Crippen molar-refractivity contribution in [3.05, 3.63) is 94.3 Å². The van der Waals surface area contributed by atoms with E-state index in [9.17, 15) is 4.39 Å². The fourth-order valence-electron chi connectivity index (χ4n) is 3.07. The molecule has 0 unspecified atom stereocenters. The average molecular weight is 362 g/mol. The van der Waals surface area contributed by atoms with Crippen LogP contribution in [0.4, 0.5) is 4.39 Å². The zero-order chi connectivity index (χ0) is 20.0. The van der Waals surface area contributed by atoms with Crippen LogP contribution in [-0.2, 0) is 6.42 Å². The van der Waals surface area contributed by atoms with Crippen LogP contribution in [0.5, 0.6) is 0 Å². The zero-order valence-electron chi connectivity index (χ0n) is 16.4. The van der Waals surface area contributed by atoms with Gasteiger partial charge in [-0.3, -0.25) is 5.41 Å². The third-order valence-electron chi connectivity index (χ3n) is 4.69. The Morgan fingerprint density at radius 1 is 0.852 bits per heavy atom. The molecule has 0 saturated heterocycles. The van der Waals surface area contributed by atoms with E-state index in [4.69, 9.17) is 11.1 Å². The molecule has 0 atom stereocenters. The van der Waals surface area contributed by atoms with Crippen LogP contribution >= 0.6 is 0 Å². The summed E-state index contributed by atoms with van der Waals surface area (Å²) in [7, 11) is 0. The van der Waals surface area contributed by atoms with Gasteiger partial charge in [0.2, 0.25) is 0 Å². The Kier molecular flexibility index (Phi) is 6.89. The van der Waals surface area contributed by atoms with Gasteiger partial charge in [0.05, 0.1) is 0 Å². The van der Waals surface area contributed by atoms with E-state index in [0.717, 1.165) is 28.7 Å². The van der Waals surface area contributed by atoms with E-state index in [1.807, 2.05) is 50.2 Å². The number of halogens is 1. The molecule has 0 aliphatic heterocycles. The molecule has 0 aliphatic rings. The van der Waals surface area contributed by atoms with Crippen molar-refractivity contribution >= 4 is 5.84 Å². The van der Waals surface area contributed by atoms with Crippen molar-refractivity contribution in [3.63, 3.8) is 0 Å². The van der Waals surface area contributed by atoms with Gasteiger partial charge in [-0.25, -0.2) is 4.39 Å². The SMILES string of the molecule is CCc1c(C)cccc1F.Cc1ccccc1-c1cc(C(=N)N)ccc1C. The summed E-state index contributed by atoms with van der Waals surface area (Å²) >= 11 is 0. The number of aryl methyl sites for hydroxylation is 3. The number of amidine groups is 1. The third-order valence-corrected chi connectivity index (χ3v) is 4.69. The minimum atomic E-state index is -0.0810. The molecule has 0 radical (unpaired) electrons. The second-order valence-corrected chi connectivity index (χ2v) is 6.65. The molecule has 3 heteroatoms. The molecule has 0 fully saturated rings. The highest BCUT2D eigenvalue weighted by atomic mass is 19.1. The Labute approximate surface area is 161 Å². The maximum Gasteiger partial charge on any atom is 0.126 e. The van der Waals surface area contributed by atoms with Gasteiger partial charge >= 0.3 is 0 Å². The van der Waals surface area contributed by atoms with Crippen molar-refractivity contribution in [2.45, 2.75) is 34.1 Å². The van der Waals surface area contributed by atoms with E-state index >= 15 is 0 Å². The molecule has 0 aliphatic carbocycles. The first-order chi connectivity index (χ1) is 12.8. The van der Waals surface area contributed by atoms with Crippen molar-refractivity contribution in [2.75, 3.05) is 0 Å². The molecule has 3 rings (SSSR count). The Hall–Kier alpha value is -2.94. The number of nitrogen functional groups attached to an aromatic ring is 1. The summed E-state index contributed by atoms with van der Waals surface area (Å²) in [5, 5.41) is 7.50. The minimum absolute atomic E-state index is 0.0810. The van der Waals surface area contributed by atoms with Crippen molar-refractivity contribution in [2.24, 2.45) is 5.73 Å². The topological polar surface area (TPSA) is 49.9 Å². The predicted octanol–water partition coefficient (Wildman–Crippen LogP) is 5.95. The van der Waals surface area contributed by atoms with E-state index in [-0.39, 0.29) is 11.7 Å². The van der Waals surface area contributed by atoms with Gasteiger partial charge in [-0.05, 0) is 72.7 Å². The van der Waals surface area contributed by atoms with E-state index in [0.29, 0.717) is 0 Å². The summed E-state index contributed by atoms with van der Waals surface area (Å²) in [5.74, 6) is 0.0299. The number of rotatable bonds is 3. The summed E-state index contributed by atoms with van der Waals surface area (Å²) in [5.41, 5.74) is 13.0. The van der Waals surface area contributed by atoms with Crippen molar-refractivity contribution in [1.29, 1.82) is 5.41 Å². The van der Waals surface area contributed by atoms with Crippen molar-refractivity contribution < 1.29 is 4.39 Å². The Balaban J connectivity index is 0.000000223. The largest absolute Gasteiger partial charge is 0.384 e. The summed E-state index contributed by atoms with van der Waals surface area (Å²) in [6, 6.07) is 19.3. The fourth-order valence-corrected chi connectivity index (χ4v) is 3.07. The highest BCUT2D eigenvalue weighted by Crippen LogP contribution is 2.27. The fraction of sp³-hybridized carbons (Fsp3) is 0.208. The van der Waals surface area contributed by atoms with Gasteiger partial charge in [-0.1, -0.05) is 55.5 Å². The summed E-state index contributed by atoms with van der Waals surface area (Å²) < 4.78 is 12.9. The summed E-state index contributed by atoms with van der Waals surface area (Å²) in [4.78, 5) is 0.